The van der Waals surface area contributed by atoms with Crippen LogP contribution < -0.4 is 10.9 Å². The molecule has 10 heteroatoms. The Bertz CT molecular complexity index is 1690. The van der Waals surface area contributed by atoms with E-state index < -0.39 is 0 Å². The van der Waals surface area contributed by atoms with E-state index in [9.17, 15) is 9.59 Å². The number of carbonyl (C=O) groups excluding carboxylic acids is 1. The average molecular weight is 491 g/mol. The second-order valence-electron chi connectivity index (χ2n) is 7.91. The normalized spacial score (nSPS) is 11.2. The summed E-state index contributed by atoms with van der Waals surface area (Å²) in [6.45, 7) is 2.43. The molecule has 2 N–H and O–H groups in total. The molecule has 0 radical (unpaired) electrons. The zero-order valence-electron chi connectivity index (χ0n) is 18.1. The zero-order chi connectivity index (χ0) is 23.8. The topological polar surface area (TPSA) is 97.1 Å². The van der Waals surface area contributed by atoms with Crippen LogP contribution in [0.15, 0.2) is 65.6 Å². The molecule has 2 aromatic carbocycles. The summed E-state index contributed by atoms with van der Waals surface area (Å²) < 4.78 is 3.55. The van der Waals surface area contributed by atoms with Gasteiger partial charge in [0.1, 0.15) is 0 Å². The molecule has 0 saturated heterocycles. The largest absolute Gasteiger partial charge is 0.345 e. The maximum atomic E-state index is 13.1. The molecule has 0 fully saturated rings. The van der Waals surface area contributed by atoms with Gasteiger partial charge in [0.2, 0.25) is 0 Å². The van der Waals surface area contributed by atoms with Gasteiger partial charge in [-0.1, -0.05) is 35.9 Å². The lowest BCUT2D eigenvalue weighted by atomic mass is 10.1. The van der Waals surface area contributed by atoms with E-state index in [0.29, 0.717) is 33.0 Å². The quantitative estimate of drug-likeness (QED) is 0.362. The number of halogens is 1. The van der Waals surface area contributed by atoms with Crippen LogP contribution in [0.5, 0.6) is 0 Å². The van der Waals surface area contributed by atoms with Crippen LogP contribution in [0.1, 0.15) is 27.3 Å². The van der Waals surface area contributed by atoms with Gasteiger partial charge in [-0.3, -0.25) is 18.6 Å². The number of aromatic nitrogens is 5. The SMILES string of the molecule is Cc1ccc2nnc(CNC(=O)c3ccc4c(=O)n(Cc5ccccc5Cl)c(=S)[nH]c4c3)n2c1. The smallest absolute Gasteiger partial charge is 0.262 e. The van der Waals surface area contributed by atoms with E-state index in [1.807, 2.05) is 47.9 Å². The van der Waals surface area contributed by atoms with Crippen LogP contribution in [0.25, 0.3) is 16.6 Å². The minimum absolute atomic E-state index is 0.205. The number of amides is 1. The molecule has 0 aliphatic carbocycles. The molecule has 34 heavy (non-hydrogen) atoms. The number of aromatic amines is 1. The third-order valence-electron chi connectivity index (χ3n) is 5.56. The average Bonchev–Trinajstić information content (AvgIpc) is 3.23. The maximum absolute atomic E-state index is 13.1. The maximum Gasteiger partial charge on any atom is 0.262 e. The predicted molar refractivity (Wildman–Crippen MR) is 133 cm³/mol. The summed E-state index contributed by atoms with van der Waals surface area (Å²) in [5.74, 6) is 0.320. The van der Waals surface area contributed by atoms with Gasteiger partial charge in [-0.2, -0.15) is 0 Å². The number of fused-ring (bicyclic) bond motifs is 2. The van der Waals surface area contributed by atoms with Crippen molar-refractivity contribution in [1.82, 2.24) is 29.5 Å². The second-order valence-corrected chi connectivity index (χ2v) is 8.70. The molecule has 3 heterocycles. The fourth-order valence-electron chi connectivity index (χ4n) is 3.76. The highest BCUT2D eigenvalue weighted by Crippen LogP contribution is 2.17. The van der Waals surface area contributed by atoms with Crippen molar-refractivity contribution in [2.45, 2.75) is 20.0 Å². The van der Waals surface area contributed by atoms with Crippen LogP contribution in [0.2, 0.25) is 5.02 Å². The summed E-state index contributed by atoms with van der Waals surface area (Å²) in [6, 6.07) is 16.0. The number of hydrogen-bond donors (Lipinski definition) is 2. The molecule has 8 nitrogen and oxygen atoms in total. The van der Waals surface area contributed by atoms with Crippen molar-refractivity contribution in [2.75, 3.05) is 0 Å². The van der Waals surface area contributed by atoms with Crippen molar-refractivity contribution >= 4 is 46.3 Å². The Hall–Kier alpha value is -3.82. The Morgan fingerprint density at radius 3 is 2.79 bits per heavy atom. The number of carbonyl (C=O) groups is 1. The number of H-pyrrole nitrogens is 1. The summed E-state index contributed by atoms with van der Waals surface area (Å²) in [5.41, 5.74) is 3.19. The van der Waals surface area contributed by atoms with E-state index in [4.69, 9.17) is 23.8 Å². The standard InChI is InChI=1S/C24H19ClN6O2S/c1-14-6-9-20-28-29-21(30(20)12-14)11-26-22(32)15-7-8-17-19(10-15)27-24(34)31(23(17)33)13-16-4-2-3-5-18(16)25/h2-10,12H,11,13H2,1H3,(H,26,32)(H,27,34). The van der Waals surface area contributed by atoms with Crippen LogP contribution in [0, 0.1) is 11.7 Å². The first-order chi connectivity index (χ1) is 16.4. The first-order valence-corrected chi connectivity index (χ1v) is 11.3. The van der Waals surface area contributed by atoms with Gasteiger partial charge in [-0.15, -0.1) is 10.2 Å². The fraction of sp³-hybridized carbons (Fsp3) is 0.125. The van der Waals surface area contributed by atoms with Gasteiger partial charge in [0.15, 0.2) is 16.2 Å². The molecule has 0 aliphatic rings. The molecule has 0 unspecified atom stereocenters. The van der Waals surface area contributed by atoms with Crippen molar-refractivity contribution in [3.05, 3.63) is 103 Å². The number of hydrogen-bond acceptors (Lipinski definition) is 5. The summed E-state index contributed by atoms with van der Waals surface area (Å²) >= 11 is 11.7. The molecular weight excluding hydrogens is 472 g/mol. The van der Waals surface area contributed by atoms with Gasteiger partial charge in [0, 0.05) is 16.8 Å². The molecular formula is C24H19ClN6O2S. The number of pyridine rings is 1. The summed E-state index contributed by atoms with van der Waals surface area (Å²) in [4.78, 5) is 29.0. The van der Waals surface area contributed by atoms with E-state index in [2.05, 4.69) is 20.5 Å². The molecule has 0 aliphatic heterocycles. The molecule has 0 saturated carbocycles. The van der Waals surface area contributed by atoms with Crippen LogP contribution in [-0.4, -0.2) is 30.1 Å². The van der Waals surface area contributed by atoms with Gasteiger partial charge in [0.25, 0.3) is 11.5 Å². The van der Waals surface area contributed by atoms with E-state index in [0.717, 1.165) is 11.1 Å². The highest BCUT2D eigenvalue weighted by atomic mass is 35.5. The first kappa shape index (κ1) is 22.0. The van der Waals surface area contributed by atoms with E-state index >= 15 is 0 Å². The predicted octanol–water partition coefficient (Wildman–Crippen LogP) is 4.04. The Kier molecular flexibility index (Phi) is 5.72. The van der Waals surface area contributed by atoms with Crippen molar-refractivity contribution < 1.29 is 4.79 Å². The van der Waals surface area contributed by atoms with Crippen molar-refractivity contribution in [3.63, 3.8) is 0 Å². The molecule has 1 amide bonds. The van der Waals surface area contributed by atoms with Gasteiger partial charge >= 0.3 is 0 Å². The second kappa shape index (κ2) is 8.85. The third kappa shape index (κ3) is 4.11. The summed E-state index contributed by atoms with van der Waals surface area (Å²) in [5, 5.41) is 12.1. The van der Waals surface area contributed by atoms with Gasteiger partial charge in [-0.05, 0) is 60.6 Å². The van der Waals surface area contributed by atoms with E-state index in [1.165, 1.54) is 4.57 Å². The molecule has 5 aromatic rings. The first-order valence-electron chi connectivity index (χ1n) is 10.5. The Labute approximate surface area is 203 Å². The van der Waals surface area contributed by atoms with E-state index in [1.54, 1.807) is 24.3 Å². The number of benzene rings is 2. The van der Waals surface area contributed by atoms with Crippen LogP contribution in [-0.2, 0) is 13.1 Å². The lowest BCUT2D eigenvalue weighted by molar-refractivity contribution is 0.0950. The minimum Gasteiger partial charge on any atom is -0.345 e. The zero-order valence-corrected chi connectivity index (χ0v) is 19.7. The molecule has 0 bridgehead atoms. The van der Waals surface area contributed by atoms with Crippen LogP contribution in [0.3, 0.4) is 0 Å². The Morgan fingerprint density at radius 2 is 1.97 bits per heavy atom. The number of nitrogens with one attached hydrogen (secondary N) is 2. The van der Waals surface area contributed by atoms with Gasteiger partial charge < -0.3 is 10.3 Å². The molecule has 3 aromatic heterocycles. The number of nitrogens with zero attached hydrogens (tertiary/aromatic N) is 4. The minimum atomic E-state index is -0.300. The van der Waals surface area contributed by atoms with Crippen molar-refractivity contribution in [2.24, 2.45) is 0 Å². The molecule has 0 spiro atoms. The fourth-order valence-corrected chi connectivity index (χ4v) is 4.22. The molecule has 0 atom stereocenters. The third-order valence-corrected chi connectivity index (χ3v) is 6.25. The monoisotopic (exact) mass is 490 g/mol. The van der Waals surface area contributed by atoms with Gasteiger partial charge in [-0.25, -0.2) is 0 Å². The van der Waals surface area contributed by atoms with Crippen LogP contribution >= 0.6 is 23.8 Å². The summed E-state index contributed by atoms with van der Waals surface area (Å²) in [7, 11) is 0. The lowest BCUT2D eigenvalue weighted by Crippen LogP contribution is -2.25. The van der Waals surface area contributed by atoms with E-state index in [-0.39, 0.29) is 29.3 Å². The molecule has 170 valence electrons. The number of aryl methyl sites for hydroxylation is 1. The van der Waals surface area contributed by atoms with Crippen LogP contribution in [0.4, 0.5) is 0 Å². The lowest BCUT2D eigenvalue weighted by Gasteiger charge is -2.10. The molecule has 5 rings (SSSR count). The number of rotatable bonds is 5. The highest BCUT2D eigenvalue weighted by molar-refractivity contribution is 7.71. The van der Waals surface area contributed by atoms with Crippen molar-refractivity contribution in [1.29, 1.82) is 0 Å². The Morgan fingerprint density at radius 1 is 1.15 bits per heavy atom. The van der Waals surface area contributed by atoms with Gasteiger partial charge in [0.05, 0.1) is 24.0 Å². The summed E-state index contributed by atoms with van der Waals surface area (Å²) in [6.07, 6.45) is 1.92. The highest BCUT2D eigenvalue weighted by Gasteiger charge is 2.13. The Balaban J connectivity index is 1.41. The van der Waals surface area contributed by atoms with Crippen molar-refractivity contribution in [3.8, 4) is 0 Å².